The molecule has 2 aromatic heterocycles. The third-order valence-corrected chi connectivity index (χ3v) is 4.55. The Morgan fingerprint density at radius 1 is 1.41 bits per heavy atom. The fraction of sp³-hybridized carbons (Fsp3) is 0.529. The van der Waals surface area contributed by atoms with Gasteiger partial charge in [0, 0.05) is 43.3 Å². The van der Waals surface area contributed by atoms with E-state index in [9.17, 15) is 0 Å². The number of ether oxygens (including phenoxy) is 1. The lowest BCUT2D eigenvalue weighted by Crippen LogP contribution is -2.25. The molecule has 1 fully saturated rings. The van der Waals surface area contributed by atoms with Gasteiger partial charge < -0.3 is 14.6 Å². The lowest BCUT2D eigenvalue weighted by Gasteiger charge is -2.25. The van der Waals surface area contributed by atoms with Crippen LogP contribution in [0.5, 0.6) is 0 Å². The van der Waals surface area contributed by atoms with Gasteiger partial charge in [0.15, 0.2) is 0 Å². The molecule has 22 heavy (non-hydrogen) atoms. The van der Waals surface area contributed by atoms with Crippen molar-refractivity contribution in [3.8, 4) is 0 Å². The van der Waals surface area contributed by atoms with Crippen LogP contribution in [0.1, 0.15) is 42.3 Å². The molecule has 0 aromatic carbocycles. The zero-order chi connectivity index (χ0) is 15.7. The van der Waals surface area contributed by atoms with Gasteiger partial charge in [0.25, 0.3) is 0 Å². The third kappa shape index (κ3) is 2.73. The van der Waals surface area contributed by atoms with Crippen molar-refractivity contribution in [3.05, 3.63) is 41.2 Å². The molecule has 0 amide bonds. The standard InChI is InChI=1S/C17H24N4O/c1-5-13-8-14(6-7-18-13)21-10-15(22-4)9-16(21)17-19-11(2)12(3)20-17/h6-8,15-16H,5,9-10H2,1-4H3,(H,19,20)/t15-,16+/m1/s1. The maximum absolute atomic E-state index is 5.61. The first-order valence-corrected chi connectivity index (χ1v) is 7.89. The molecule has 1 aliphatic rings. The van der Waals surface area contributed by atoms with Crippen LogP contribution in [0.3, 0.4) is 0 Å². The number of methoxy groups -OCH3 is 1. The van der Waals surface area contributed by atoms with Gasteiger partial charge in [-0.25, -0.2) is 4.98 Å². The van der Waals surface area contributed by atoms with Crippen molar-refractivity contribution in [2.24, 2.45) is 0 Å². The largest absolute Gasteiger partial charge is 0.380 e. The molecule has 2 aromatic rings. The van der Waals surface area contributed by atoms with Crippen LogP contribution in [0.25, 0.3) is 0 Å². The molecule has 2 atom stereocenters. The zero-order valence-corrected chi connectivity index (χ0v) is 13.8. The van der Waals surface area contributed by atoms with Crippen molar-refractivity contribution in [2.45, 2.75) is 45.8 Å². The second kappa shape index (κ2) is 6.08. The molecule has 1 aliphatic heterocycles. The average Bonchev–Trinajstić information content (AvgIpc) is 3.11. The third-order valence-electron chi connectivity index (χ3n) is 4.55. The number of hydrogen-bond acceptors (Lipinski definition) is 4. The first kappa shape index (κ1) is 15.0. The molecule has 0 radical (unpaired) electrons. The lowest BCUT2D eigenvalue weighted by atomic mass is 10.1. The van der Waals surface area contributed by atoms with E-state index in [0.717, 1.165) is 42.3 Å². The summed E-state index contributed by atoms with van der Waals surface area (Å²) >= 11 is 0. The van der Waals surface area contributed by atoms with Crippen molar-refractivity contribution in [3.63, 3.8) is 0 Å². The number of imidazole rings is 1. The minimum Gasteiger partial charge on any atom is -0.380 e. The van der Waals surface area contributed by atoms with Crippen LogP contribution in [0.4, 0.5) is 5.69 Å². The van der Waals surface area contributed by atoms with Gasteiger partial charge in [0.2, 0.25) is 0 Å². The number of pyridine rings is 1. The summed E-state index contributed by atoms with van der Waals surface area (Å²) in [5.74, 6) is 1.03. The highest BCUT2D eigenvalue weighted by Crippen LogP contribution is 2.36. The van der Waals surface area contributed by atoms with Gasteiger partial charge >= 0.3 is 0 Å². The van der Waals surface area contributed by atoms with E-state index in [2.05, 4.69) is 40.8 Å². The highest BCUT2D eigenvalue weighted by Gasteiger charge is 2.35. The van der Waals surface area contributed by atoms with Crippen LogP contribution in [-0.4, -0.2) is 34.7 Å². The Balaban J connectivity index is 1.95. The van der Waals surface area contributed by atoms with E-state index in [1.165, 1.54) is 5.69 Å². The fourth-order valence-electron chi connectivity index (χ4n) is 3.08. The van der Waals surface area contributed by atoms with Gasteiger partial charge in [0.1, 0.15) is 5.82 Å². The molecule has 0 unspecified atom stereocenters. The van der Waals surface area contributed by atoms with E-state index in [1.54, 1.807) is 7.11 Å². The summed E-state index contributed by atoms with van der Waals surface area (Å²) < 4.78 is 5.61. The number of aromatic amines is 1. The van der Waals surface area contributed by atoms with Crippen molar-refractivity contribution in [1.29, 1.82) is 0 Å². The molecule has 0 bridgehead atoms. The fourth-order valence-corrected chi connectivity index (χ4v) is 3.08. The molecule has 0 aliphatic carbocycles. The van der Waals surface area contributed by atoms with Gasteiger partial charge in [-0.05, 0) is 32.4 Å². The minimum absolute atomic E-state index is 0.226. The topological polar surface area (TPSA) is 54.0 Å². The van der Waals surface area contributed by atoms with Crippen molar-refractivity contribution < 1.29 is 4.74 Å². The summed E-state index contributed by atoms with van der Waals surface area (Å²) in [6.07, 6.45) is 4.02. The monoisotopic (exact) mass is 300 g/mol. The number of nitrogens with one attached hydrogen (secondary N) is 1. The van der Waals surface area contributed by atoms with Gasteiger partial charge in [-0.2, -0.15) is 0 Å². The quantitative estimate of drug-likeness (QED) is 0.943. The highest BCUT2D eigenvalue weighted by atomic mass is 16.5. The molecular formula is C17H24N4O. The number of hydrogen-bond donors (Lipinski definition) is 1. The molecule has 0 spiro atoms. The Morgan fingerprint density at radius 2 is 2.23 bits per heavy atom. The summed E-state index contributed by atoms with van der Waals surface area (Å²) in [4.78, 5) is 14.9. The second-order valence-electron chi connectivity index (χ2n) is 5.95. The van der Waals surface area contributed by atoms with Crippen molar-refractivity contribution >= 4 is 5.69 Å². The Morgan fingerprint density at radius 3 is 2.86 bits per heavy atom. The molecule has 1 saturated heterocycles. The SMILES string of the molecule is CCc1cc(N2C[C@H](OC)C[C@H]2c2nc(C)c(C)[nH]2)ccn1. The van der Waals surface area contributed by atoms with Crippen LogP contribution < -0.4 is 4.90 Å². The van der Waals surface area contributed by atoms with Crippen molar-refractivity contribution in [2.75, 3.05) is 18.6 Å². The maximum atomic E-state index is 5.61. The number of anilines is 1. The van der Waals surface area contributed by atoms with Crippen LogP contribution in [-0.2, 0) is 11.2 Å². The van der Waals surface area contributed by atoms with Gasteiger partial charge in [-0.3, -0.25) is 4.98 Å². The number of aromatic nitrogens is 3. The molecule has 1 N–H and O–H groups in total. The van der Waals surface area contributed by atoms with Gasteiger partial charge in [0.05, 0.1) is 17.8 Å². The summed E-state index contributed by atoms with van der Waals surface area (Å²) in [5.41, 5.74) is 4.52. The molecule has 118 valence electrons. The summed E-state index contributed by atoms with van der Waals surface area (Å²) in [7, 11) is 1.79. The predicted octanol–water partition coefficient (Wildman–Crippen LogP) is 2.95. The molecule has 5 nitrogen and oxygen atoms in total. The zero-order valence-electron chi connectivity index (χ0n) is 13.8. The second-order valence-corrected chi connectivity index (χ2v) is 5.95. The van der Waals surface area contributed by atoms with E-state index in [4.69, 9.17) is 9.72 Å². The predicted molar refractivity (Wildman–Crippen MR) is 87.2 cm³/mol. The summed E-state index contributed by atoms with van der Waals surface area (Å²) in [6, 6.07) is 4.48. The van der Waals surface area contributed by atoms with Crippen LogP contribution in [0, 0.1) is 13.8 Å². The van der Waals surface area contributed by atoms with E-state index in [1.807, 2.05) is 13.1 Å². The Labute approximate surface area is 131 Å². The Bertz CT molecular complexity index is 632. The van der Waals surface area contributed by atoms with Crippen LogP contribution >= 0.6 is 0 Å². The Hall–Kier alpha value is -1.88. The van der Waals surface area contributed by atoms with E-state index >= 15 is 0 Å². The maximum Gasteiger partial charge on any atom is 0.129 e. The molecular weight excluding hydrogens is 276 g/mol. The van der Waals surface area contributed by atoms with Crippen LogP contribution in [0.15, 0.2) is 18.3 Å². The van der Waals surface area contributed by atoms with Crippen molar-refractivity contribution in [1.82, 2.24) is 15.0 Å². The van der Waals surface area contributed by atoms with E-state index < -0.39 is 0 Å². The number of H-pyrrole nitrogens is 1. The highest BCUT2D eigenvalue weighted by molar-refractivity contribution is 5.50. The van der Waals surface area contributed by atoms with E-state index in [-0.39, 0.29) is 12.1 Å². The number of nitrogens with zero attached hydrogens (tertiary/aromatic N) is 3. The first-order valence-electron chi connectivity index (χ1n) is 7.89. The molecule has 5 heteroatoms. The first-order chi connectivity index (χ1) is 10.6. The van der Waals surface area contributed by atoms with Gasteiger partial charge in [-0.1, -0.05) is 6.92 Å². The minimum atomic E-state index is 0.226. The smallest absolute Gasteiger partial charge is 0.129 e. The lowest BCUT2D eigenvalue weighted by molar-refractivity contribution is 0.118. The average molecular weight is 300 g/mol. The number of rotatable bonds is 4. The van der Waals surface area contributed by atoms with E-state index in [0.29, 0.717) is 0 Å². The number of aryl methyl sites for hydroxylation is 3. The molecule has 0 saturated carbocycles. The Kier molecular flexibility index (Phi) is 4.16. The normalized spacial score (nSPS) is 21.5. The molecule has 3 heterocycles. The molecule has 3 rings (SSSR count). The summed E-state index contributed by atoms with van der Waals surface area (Å²) in [6.45, 7) is 7.13. The van der Waals surface area contributed by atoms with Crippen LogP contribution in [0.2, 0.25) is 0 Å². The summed E-state index contributed by atoms with van der Waals surface area (Å²) in [5, 5.41) is 0. The van der Waals surface area contributed by atoms with Gasteiger partial charge in [-0.15, -0.1) is 0 Å².